The van der Waals surface area contributed by atoms with E-state index in [-0.39, 0.29) is 12.5 Å². The van der Waals surface area contributed by atoms with Gasteiger partial charge in [-0.25, -0.2) is 4.99 Å². The smallest absolute Gasteiger partial charge is 0.243 e. The van der Waals surface area contributed by atoms with Gasteiger partial charge in [0.15, 0.2) is 5.96 Å². The zero-order chi connectivity index (χ0) is 17.2. The van der Waals surface area contributed by atoms with E-state index in [0.29, 0.717) is 17.4 Å². The highest BCUT2D eigenvalue weighted by Gasteiger charge is 2.44. The van der Waals surface area contributed by atoms with Crippen LogP contribution in [0.25, 0.3) is 0 Å². The van der Waals surface area contributed by atoms with Crippen molar-refractivity contribution >= 4 is 11.9 Å². The third-order valence-electron chi connectivity index (χ3n) is 6.44. The SMILES string of the molecule is CC1CCCCC1NC(=NCC(=O)N(C)C)N1CCC2(CCC2)C1. The lowest BCUT2D eigenvalue weighted by molar-refractivity contribution is -0.127. The lowest BCUT2D eigenvalue weighted by Crippen LogP contribution is -2.49. The zero-order valence-corrected chi connectivity index (χ0v) is 15.7. The Morgan fingerprint density at radius 2 is 1.96 bits per heavy atom. The molecular weight excluding hydrogens is 300 g/mol. The van der Waals surface area contributed by atoms with Gasteiger partial charge in [-0.3, -0.25) is 4.79 Å². The minimum absolute atomic E-state index is 0.0727. The van der Waals surface area contributed by atoms with E-state index >= 15 is 0 Å². The first kappa shape index (κ1) is 17.6. The monoisotopic (exact) mass is 334 g/mol. The molecule has 1 heterocycles. The summed E-state index contributed by atoms with van der Waals surface area (Å²) >= 11 is 0. The van der Waals surface area contributed by atoms with Crippen LogP contribution < -0.4 is 5.32 Å². The molecule has 2 atom stereocenters. The molecule has 3 aliphatic rings. The fourth-order valence-electron chi connectivity index (χ4n) is 4.42. The minimum Gasteiger partial charge on any atom is -0.353 e. The zero-order valence-electron chi connectivity index (χ0n) is 15.7. The lowest BCUT2D eigenvalue weighted by Gasteiger charge is -2.39. The molecule has 0 aromatic rings. The van der Waals surface area contributed by atoms with Crippen molar-refractivity contribution < 1.29 is 4.79 Å². The Kier molecular flexibility index (Phi) is 5.36. The van der Waals surface area contributed by atoms with Crippen LogP contribution in [0.3, 0.4) is 0 Å². The molecule has 1 saturated heterocycles. The summed E-state index contributed by atoms with van der Waals surface area (Å²) < 4.78 is 0. The molecule has 3 rings (SSSR count). The van der Waals surface area contributed by atoms with Gasteiger partial charge in [0.05, 0.1) is 0 Å². The van der Waals surface area contributed by atoms with E-state index < -0.39 is 0 Å². The molecule has 1 aliphatic heterocycles. The second kappa shape index (κ2) is 7.32. The molecule has 1 amide bonds. The standard InChI is InChI=1S/C19H34N4O/c1-15-7-4-5-8-16(15)21-18(20-13-17(24)22(2)3)23-12-11-19(14-23)9-6-10-19/h15-16H,4-14H2,1-3H3,(H,20,21). The highest BCUT2D eigenvalue weighted by Crippen LogP contribution is 2.47. The van der Waals surface area contributed by atoms with Crippen LogP contribution >= 0.6 is 0 Å². The molecule has 0 aromatic heterocycles. The molecule has 2 saturated carbocycles. The lowest BCUT2D eigenvalue weighted by atomic mass is 9.68. The maximum atomic E-state index is 12.0. The summed E-state index contributed by atoms with van der Waals surface area (Å²) in [5.74, 6) is 1.74. The normalized spacial score (nSPS) is 29.5. The molecule has 136 valence electrons. The molecule has 0 radical (unpaired) electrons. The summed E-state index contributed by atoms with van der Waals surface area (Å²) in [4.78, 5) is 20.8. The van der Waals surface area contributed by atoms with Gasteiger partial charge in [0, 0.05) is 33.2 Å². The largest absolute Gasteiger partial charge is 0.353 e. The highest BCUT2D eigenvalue weighted by molar-refractivity contribution is 5.85. The Bertz CT molecular complexity index is 484. The number of amides is 1. The fraction of sp³-hybridized carbons (Fsp3) is 0.895. The summed E-state index contributed by atoms with van der Waals surface area (Å²) in [6, 6.07) is 0.505. The Morgan fingerprint density at radius 1 is 1.21 bits per heavy atom. The number of guanidine groups is 1. The van der Waals surface area contributed by atoms with Gasteiger partial charge in [-0.05, 0) is 43.4 Å². The number of carbonyl (C=O) groups excluding carboxylic acids is 1. The van der Waals surface area contributed by atoms with E-state index in [1.165, 1.54) is 51.4 Å². The predicted molar refractivity (Wildman–Crippen MR) is 98.0 cm³/mol. The van der Waals surface area contributed by atoms with Crippen LogP contribution in [0.2, 0.25) is 0 Å². The second-order valence-electron chi connectivity index (χ2n) is 8.47. The van der Waals surface area contributed by atoms with E-state index in [1.807, 2.05) is 0 Å². The number of carbonyl (C=O) groups is 1. The first-order chi connectivity index (χ1) is 11.5. The first-order valence-electron chi connectivity index (χ1n) is 9.75. The van der Waals surface area contributed by atoms with E-state index in [2.05, 4.69) is 17.1 Å². The van der Waals surface area contributed by atoms with Crippen molar-refractivity contribution in [1.82, 2.24) is 15.1 Å². The molecule has 0 bridgehead atoms. The van der Waals surface area contributed by atoms with Gasteiger partial charge in [0.1, 0.15) is 6.54 Å². The molecule has 3 fully saturated rings. The average molecular weight is 335 g/mol. The molecular formula is C19H34N4O. The molecule has 0 aromatic carbocycles. The van der Waals surface area contributed by atoms with Crippen LogP contribution in [-0.4, -0.2) is 61.4 Å². The van der Waals surface area contributed by atoms with Gasteiger partial charge in [-0.15, -0.1) is 0 Å². The van der Waals surface area contributed by atoms with Gasteiger partial charge in [-0.1, -0.05) is 26.2 Å². The van der Waals surface area contributed by atoms with Crippen LogP contribution in [0.1, 0.15) is 58.3 Å². The predicted octanol–water partition coefficient (Wildman–Crippen LogP) is 2.47. The van der Waals surface area contributed by atoms with Gasteiger partial charge >= 0.3 is 0 Å². The molecule has 2 aliphatic carbocycles. The van der Waals surface area contributed by atoms with Gasteiger partial charge in [0.25, 0.3) is 0 Å². The summed E-state index contributed by atoms with van der Waals surface area (Å²) in [5.41, 5.74) is 0.548. The van der Waals surface area contributed by atoms with Crippen molar-refractivity contribution in [3.63, 3.8) is 0 Å². The highest BCUT2D eigenvalue weighted by atomic mass is 16.2. The van der Waals surface area contributed by atoms with Crippen molar-refractivity contribution in [2.24, 2.45) is 16.3 Å². The molecule has 5 nitrogen and oxygen atoms in total. The number of likely N-dealkylation sites (tertiary alicyclic amines) is 1. The topological polar surface area (TPSA) is 47.9 Å². The minimum atomic E-state index is 0.0727. The fourth-order valence-corrected chi connectivity index (χ4v) is 4.42. The number of rotatable bonds is 3. The van der Waals surface area contributed by atoms with Crippen molar-refractivity contribution in [3.8, 4) is 0 Å². The molecule has 5 heteroatoms. The van der Waals surface area contributed by atoms with Crippen LogP contribution in [0.15, 0.2) is 4.99 Å². The van der Waals surface area contributed by atoms with Crippen molar-refractivity contribution in [3.05, 3.63) is 0 Å². The van der Waals surface area contributed by atoms with Crippen LogP contribution in [0.5, 0.6) is 0 Å². The third kappa shape index (κ3) is 3.86. The van der Waals surface area contributed by atoms with Crippen molar-refractivity contribution in [1.29, 1.82) is 0 Å². The van der Waals surface area contributed by atoms with Crippen molar-refractivity contribution in [2.45, 2.75) is 64.3 Å². The maximum Gasteiger partial charge on any atom is 0.243 e. The van der Waals surface area contributed by atoms with Gasteiger partial charge in [0.2, 0.25) is 5.91 Å². The summed E-state index contributed by atoms with van der Waals surface area (Å²) in [7, 11) is 3.60. The van der Waals surface area contributed by atoms with Crippen molar-refractivity contribution in [2.75, 3.05) is 33.7 Å². The van der Waals surface area contributed by atoms with Crippen LogP contribution in [-0.2, 0) is 4.79 Å². The molecule has 1 spiro atoms. The third-order valence-corrected chi connectivity index (χ3v) is 6.44. The van der Waals surface area contributed by atoms with Gasteiger partial charge in [-0.2, -0.15) is 0 Å². The quantitative estimate of drug-likeness (QED) is 0.637. The Labute approximate surface area is 146 Å². The first-order valence-corrected chi connectivity index (χ1v) is 9.75. The van der Waals surface area contributed by atoms with E-state index in [4.69, 9.17) is 4.99 Å². The number of hydrogen-bond acceptors (Lipinski definition) is 2. The Morgan fingerprint density at radius 3 is 2.54 bits per heavy atom. The number of aliphatic imine (C=N–C) groups is 1. The maximum absolute atomic E-state index is 12.0. The molecule has 24 heavy (non-hydrogen) atoms. The number of likely N-dealkylation sites (N-methyl/N-ethyl adjacent to an activating group) is 1. The number of nitrogens with one attached hydrogen (secondary N) is 1. The summed E-state index contributed by atoms with van der Waals surface area (Å²) in [6.45, 7) is 4.80. The van der Waals surface area contributed by atoms with Gasteiger partial charge < -0.3 is 15.1 Å². The van der Waals surface area contributed by atoms with E-state index in [0.717, 1.165) is 19.0 Å². The van der Waals surface area contributed by atoms with Crippen LogP contribution in [0.4, 0.5) is 0 Å². The summed E-state index contributed by atoms with van der Waals surface area (Å²) in [6.07, 6.45) is 10.6. The van der Waals surface area contributed by atoms with E-state index in [1.54, 1.807) is 19.0 Å². The van der Waals surface area contributed by atoms with E-state index in [9.17, 15) is 4.79 Å². The Hall–Kier alpha value is -1.26. The number of nitrogens with zero attached hydrogens (tertiary/aromatic N) is 3. The Balaban J connectivity index is 1.68. The number of hydrogen-bond donors (Lipinski definition) is 1. The molecule has 2 unspecified atom stereocenters. The summed E-state index contributed by atoms with van der Waals surface area (Å²) in [5, 5.41) is 3.73. The van der Waals surface area contributed by atoms with Crippen LogP contribution in [0, 0.1) is 11.3 Å². The average Bonchev–Trinajstić information content (AvgIpc) is 2.98. The molecule has 1 N–H and O–H groups in total. The second-order valence-corrected chi connectivity index (χ2v) is 8.47.